The summed E-state index contributed by atoms with van der Waals surface area (Å²) in [5.74, 6) is -0.965. The summed E-state index contributed by atoms with van der Waals surface area (Å²) in [7, 11) is 0. The molecule has 0 aliphatic carbocycles. The summed E-state index contributed by atoms with van der Waals surface area (Å²) < 4.78 is 18.9. The second-order valence-corrected chi connectivity index (χ2v) is 4.65. The molecule has 3 nitrogen and oxygen atoms in total. The van der Waals surface area contributed by atoms with Gasteiger partial charge in [-0.3, -0.25) is 0 Å². The van der Waals surface area contributed by atoms with Crippen LogP contribution >= 0.6 is 11.6 Å². The Morgan fingerprint density at radius 1 is 1.29 bits per heavy atom. The molecule has 0 aliphatic rings. The molecule has 0 aromatic heterocycles. The third-order valence-corrected chi connectivity index (χ3v) is 3.01. The lowest BCUT2D eigenvalue weighted by atomic mass is 10.2. The fourth-order valence-electron chi connectivity index (χ4n) is 1.68. The van der Waals surface area contributed by atoms with E-state index < -0.39 is 5.97 Å². The average molecular weight is 307 g/mol. The van der Waals surface area contributed by atoms with Crippen molar-refractivity contribution in [1.29, 1.82) is 0 Å². The molecular formula is C16H12ClFO3. The van der Waals surface area contributed by atoms with Crippen molar-refractivity contribution in [2.75, 3.05) is 0 Å². The summed E-state index contributed by atoms with van der Waals surface area (Å²) >= 11 is 6.05. The zero-order valence-electron chi connectivity index (χ0n) is 10.9. The quantitative estimate of drug-likeness (QED) is 0.844. The molecule has 0 saturated carbocycles. The largest absolute Gasteiger partial charge is 0.487 e. The van der Waals surface area contributed by atoms with Gasteiger partial charge >= 0.3 is 5.97 Å². The maximum absolute atomic E-state index is 13.5. The van der Waals surface area contributed by atoms with Crippen LogP contribution in [0, 0.1) is 5.82 Å². The van der Waals surface area contributed by atoms with Crippen molar-refractivity contribution in [2.24, 2.45) is 0 Å². The van der Waals surface area contributed by atoms with E-state index in [1.54, 1.807) is 36.4 Å². The van der Waals surface area contributed by atoms with Crippen molar-refractivity contribution in [3.05, 3.63) is 70.5 Å². The summed E-state index contributed by atoms with van der Waals surface area (Å²) in [5, 5.41) is 8.89. The van der Waals surface area contributed by atoms with Gasteiger partial charge in [-0.05, 0) is 29.8 Å². The molecule has 0 aliphatic heterocycles. The number of aliphatic carboxylic acids is 1. The molecule has 0 unspecified atom stereocenters. The fourth-order valence-corrected chi connectivity index (χ4v) is 1.92. The standard InChI is InChI=1S/C16H12ClFO3/c17-13-9-11(6-8-16(19)20)5-7-15(13)21-10-12-3-1-2-4-14(12)18/h1-9H,10H2,(H,19,20). The highest BCUT2D eigenvalue weighted by Gasteiger charge is 2.05. The number of carbonyl (C=O) groups is 1. The SMILES string of the molecule is O=C(O)C=Cc1ccc(OCc2ccccc2F)c(Cl)c1. The van der Waals surface area contributed by atoms with Crippen molar-refractivity contribution in [2.45, 2.75) is 6.61 Å². The molecule has 2 aromatic carbocycles. The predicted octanol–water partition coefficient (Wildman–Crippen LogP) is 4.16. The molecule has 0 fully saturated rings. The van der Waals surface area contributed by atoms with E-state index in [2.05, 4.69) is 0 Å². The molecule has 0 saturated heterocycles. The lowest BCUT2D eigenvalue weighted by Gasteiger charge is -2.09. The fraction of sp³-hybridized carbons (Fsp3) is 0.0625. The molecule has 21 heavy (non-hydrogen) atoms. The van der Waals surface area contributed by atoms with Crippen LogP contribution in [0.3, 0.4) is 0 Å². The minimum Gasteiger partial charge on any atom is -0.487 e. The van der Waals surface area contributed by atoms with Crippen LogP contribution in [0.15, 0.2) is 48.5 Å². The Balaban J connectivity index is 2.08. The van der Waals surface area contributed by atoms with Crippen LogP contribution < -0.4 is 4.74 Å². The third kappa shape index (κ3) is 4.33. The van der Waals surface area contributed by atoms with E-state index in [0.29, 0.717) is 21.9 Å². The van der Waals surface area contributed by atoms with Gasteiger partial charge in [0.2, 0.25) is 0 Å². The maximum atomic E-state index is 13.5. The smallest absolute Gasteiger partial charge is 0.328 e. The molecule has 0 heterocycles. The summed E-state index contributed by atoms with van der Waals surface area (Å²) in [6.45, 7) is 0.0662. The first-order valence-corrected chi connectivity index (χ1v) is 6.51. The molecular weight excluding hydrogens is 295 g/mol. The van der Waals surface area contributed by atoms with Gasteiger partial charge in [-0.1, -0.05) is 35.9 Å². The van der Waals surface area contributed by atoms with Crippen molar-refractivity contribution >= 4 is 23.6 Å². The molecule has 1 N–H and O–H groups in total. The van der Waals surface area contributed by atoms with Gasteiger partial charge < -0.3 is 9.84 Å². The van der Waals surface area contributed by atoms with Crippen LogP contribution in [0.25, 0.3) is 6.08 Å². The number of benzene rings is 2. The first-order chi connectivity index (χ1) is 10.1. The highest BCUT2D eigenvalue weighted by molar-refractivity contribution is 6.32. The van der Waals surface area contributed by atoms with Gasteiger partial charge in [-0.2, -0.15) is 0 Å². The van der Waals surface area contributed by atoms with Crippen LogP contribution in [-0.4, -0.2) is 11.1 Å². The maximum Gasteiger partial charge on any atom is 0.328 e. The van der Waals surface area contributed by atoms with Crippen LogP contribution in [0.2, 0.25) is 5.02 Å². The highest BCUT2D eigenvalue weighted by atomic mass is 35.5. The first kappa shape index (κ1) is 15.1. The van der Waals surface area contributed by atoms with E-state index in [4.69, 9.17) is 21.4 Å². The monoisotopic (exact) mass is 306 g/mol. The van der Waals surface area contributed by atoms with Gasteiger partial charge in [0, 0.05) is 11.6 Å². The van der Waals surface area contributed by atoms with Gasteiger partial charge in [-0.15, -0.1) is 0 Å². The zero-order valence-corrected chi connectivity index (χ0v) is 11.7. The van der Waals surface area contributed by atoms with E-state index in [0.717, 1.165) is 6.08 Å². The first-order valence-electron chi connectivity index (χ1n) is 6.13. The van der Waals surface area contributed by atoms with E-state index in [-0.39, 0.29) is 12.4 Å². The molecule has 0 spiro atoms. The topological polar surface area (TPSA) is 46.5 Å². The number of halogens is 2. The number of carboxylic acids is 1. The zero-order chi connectivity index (χ0) is 15.2. The van der Waals surface area contributed by atoms with Crippen LogP contribution in [0.1, 0.15) is 11.1 Å². The minimum atomic E-state index is -1.04. The van der Waals surface area contributed by atoms with E-state index in [9.17, 15) is 9.18 Å². The van der Waals surface area contributed by atoms with Crippen LogP contribution in [0.5, 0.6) is 5.75 Å². The molecule has 2 rings (SSSR count). The Morgan fingerprint density at radius 2 is 2.05 bits per heavy atom. The summed E-state index contributed by atoms with van der Waals surface area (Å²) in [6.07, 6.45) is 2.44. The van der Waals surface area contributed by atoms with Crippen molar-refractivity contribution in [1.82, 2.24) is 0 Å². The third-order valence-electron chi connectivity index (χ3n) is 2.72. The Bertz CT molecular complexity index is 683. The Morgan fingerprint density at radius 3 is 2.71 bits per heavy atom. The van der Waals surface area contributed by atoms with Gasteiger partial charge in [0.1, 0.15) is 18.2 Å². The van der Waals surface area contributed by atoms with Crippen molar-refractivity contribution in [3.8, 4) is 5.75 Å². The van der Waals surface area contributed by atoms with Gasteiger partial charge in [-0.25, -0.2) is 9.18 Å². The number of hydrogen-bond donors (Lipinski definition) is 1. The van der Waals surface area contributed by atoms with E-state index >= 15 is 0 Å². The second-order valence-electron chi connectivity index (χ2n) is 4.24. The molecule has 5 heteroatoms. The lowest BCUT2D eigenvalue weighted by Crippen LogP contribution is -1.98. The van der Waals surface area contributed by atoms with Gasteiger partial charge in [0.05, 0.1) is 5.02 Å². The Kier molecular flexibility index (Phi) is 4.95. The molecule has 0 radical (unpaired) electrons. The van der Waals surface area contributed by atoms with E-state index in [1.165, 1.54) is 12.1 Å². The Labute approximate surface area is 126 Å². The molecule has 0 atom stereocenters. The van der Waals surface area contributed by atoms with Crippen LogP contribution in [0.4, 0.5) is 4.39 Å². The van der Waals surface area contributed by atoms with Crippen LogP contribution in [-0.2, 0) is 11.4 Å². The Hall–Kier alpha value is -2.33. The summed E-state index contributed by atoms with van der Waals surface area (Å²) in [6, 6.07) is 11.2. The molecule has 108 valence electrons. The number of rotatable bonds is 5. The predicted molar refractivity (Wildman–Crippen MR) is 78.9 cm³/mol. The summed E-state index contributed by atoms with van der Waals surface area (Å²) in [4.78, 5) is 10.4. The average Bonchev–Trinajstić information content (AvgIpc) is 2.45. The minimum absolute atomic E-state index is 0.0662. The summed E-state index contributed by atoms with van der Waals surface area (Å²) in [5.41, 5.74) is 1.07. The lowest BCUT2D eigenvalue weighted by molar-refractivity contribution is -0.131. The molecule has 2 aromatic rings. The van der Waals surface area contributed by atoms with Gasteiger partial charge in [0.15, 0.2) is 0 Å². The van der Waals surface area contributed by atoms with Crippen molar-refractivity contribution < 1.29 is 19.0 Å². The number of hydrogen-bond acceptors (Lipinski definition) is 2. The van der Waals surface area contributed by atoms with Crippen molar-refractivity contribution in [3.63, 3.8) is 0 Å². The normalized spacial score (nSPS) is 10.8. The second kappa shape index (κ2) is 6.90. The number of carboxylic acid groups (broad SMARTS) is 1. The number of ether oxygens (including phenoxy) is 1. The highest BCUT2D eigenvalue weighted by Crippen LogP contribution is 2.27. The van der Waals surface area contributed by atoms with E-state index in [1.807, 2.05) is 0 Å². The molecule has 0 bridgehead atoms. The van der Waals surface area contributed by atoms with Gasteiger partial charge in [0.25, 0.3) is 0 Å². The molecule has 0 amide bonds.